The SMILES string of the molecule is C=C(/N=C\c1nc(-c2c(F)cccc2Cl)n(C[C@H]2CCNC2)c1N)NCc1ccccc1F. The third-order valence-corrected chi connectivity index (χ3v) is 5.92. The monoisotopic (exact) mass is 470 g/mol. The molecule has 1 atom stereocenters. The maximum atomic E-state index is 14.7. The van der Waals surface area contributed by atoms with Gasteiger partial charge in [-0.2, -0.15) is 0 Å². The lowest BCUT2D eigenvalue weighted by Crippen LogP contribution is -2.17. The van der Waals surface area contributed by atoms with E-state index < -0.39 is 5.82 Å². The molecule has 4 rings (SSSR count). The molecule has 1 aromatic heterocycles. The Kier molecular flexibility index (Phi) is 7.05. The largest absolute Gasteiger partial charge is 0.383 e. The number of imidazole rings is 1. The van der Waals surface area contributed by atoms with Crippen molar-refractivity contribution in [1.29, 1.82) is 0 Å². The van der Waals surface area contributed by atoms with Gasteiger partial charge in [0.1, 0.15) is 34.8 Å². The summed E-state index contributed by atoms with van der Waals surface area (Å²) in [5.74, 6) is 0.594. The topological polar surface area (TPSA) is 80.3 Å². The van der Waals surface area contributed by atoms with Gasteiger partial charge in [-0.15, -0.1) is 0 Å². The zero-order valence-corrected chi connectivity index (χ0v) is 18.7. The Morgan fingerprint density at radius 2 is 2.06 bits per heavy atom. The average Bonchev–Trinajstić information content (AvgIpc) is 3.41. The number of aliphatic imine (C=N–C) groups is 1. The minimum absolute atomic E-state index is 0.202. The van der Waals surface area contributed by atoms with E-state index in [1.54, 1.807) is 34.9 Å². The van der Waals surface area contributed by atoms with Gasteiger partial charge < -0.3 is 20.9 Å². The summed E-state index contributed by atoms with van der Waals surface area (Å²) >= 11 is 6.32. The first-order chi connectivity index (χ1) is 15.9. The second-order valence-electron chi connectivity index (χ2n) is 7.92. The van der Waals surface area contributed by atoms with Gasteiger partial charge in [0.05, 0.1) is 16.8 Å². The van der Waals surface area contributed by atoms with Gasteiger partial charge in [-0.05, 0) is 43.6 Å². The smallest absolute Gasteiger partial charge is 0.146 e. The molecule has 2 heterocycles. The molecule has 1 aliphatic heterocycles. The van der Waals surface area contributed by atoms with E-state index in [2.05, 4.69) is 27.2 Å². The summed E-state index contributed by atoms with van der Waals surface area (Å²) in [4.78, 5) is 8.84. The number of hydrogen-bond donors (Lipinski definition) is 3. The van der Waals surface area contributed by atoms with E-state index in [1.165, 1.54) is 18.3 Å². The van der Waals surface area contributed by atoms with Gasteiger partial charge in [-0.3, -0.25) is 0 Å². The van der Waals surface area contributed by atoms with Gasteiger partial charge in [0.25, 0.3) is 0 Å². The minimum Gasteiger partial charge on any atom is -0.383 e. The Balaban J connectivity index is 1.59. The molecule has 1 saturated heterocycles. The number of nitrogen functional groups attached to an aromatic ring is 1. The van der Waals surface area contributed by atoms with Crippen molar-refractivity contribution >= 4 is 23.6 Å². The summed E-state index contributed by atoms with van der Waals surface area (Å²) < 4.78 is 30.3. The molecule has 4 N–H and O–H groups in total. The van der Waals surface area contributed by atoms with Crippen molar-refractivity contribution in [1.82, 2.24) is 20.2 Å². The van der Waals surface area contributed by atoms with Crippen LogP contribution in [-0.4, -0.2) is 28.9 Å². The predicted molar refractivity (Wildman–Crippen MR) is 128 cm³/mol. The number of aromatic nitrogens is 2. The first-order valence-electron chi connectivity index (χ1n) is 10.7. The lowest BCUT2D eigenvalue weighted by Gasteiger charge is -2.15. The molecule has 2 aromatic carbocycles. The number of nitrogens with one attached hydrogen (secondary N) is 2. The summed E-state index contributed by atoms with van der Waals surface area (Å²) in [6.07, 6.45) is 2.45. The van der Waals surface area contributed by atoms with Crippen LogP contribution in [0.15, 0.2) is 59.9 Å². The Labute approximate surface area is 196 Å². The zero-order valence-electron chi connectivity index (χ0n) is 18.0. The van der Waals surface area contributed by atoms with Gasteiger partial charge in [-0.25, -0.2) is 18.8 Å². The fraction of sp³-hybridized carbons (Fsp3) is 0.250. The number of halogens is 3. The second kappa shape index (κ2) is 10.1. The van der Waals surface area contributed by atoms with Crippen molar-refractivity contribution in [2.75, 3.05) is 18.8 Å². The van der Waals surface area contributed by atoms with E-state index in [4.69, 9.17) is 17.3 Å². The third kappa shape index (κ3) is 5.23. The molecule has 0 saturated carbocycles. The molecular weight excluding hydrogens is 446 g/mol. The van der Waals surface area contributed by atoms with Crippen molar-refractivity contribution in [3.05, 3.63) is 82.8 Å². The van der Waals surface area contributed by atoms with Crippen LogP contribution < -0.4 is 16.4 Å². The normalized spacial score (nSPS) is 15.9. The van der Waals surface area contributed by atoms with Crippen molar-refractivity contribution in [2.24, 2.45) is 10.9 Å². The highest BCUT2D eigenvalue weighted by Crippen LogP contribution is 2.33. The van der Waals surface area contributed by atoms with Crippen LogP contribution in [0, 0.1) is 17.6 Å². The van der Waals surface area contributed by atoms with Gasteiger partial charge >= 0.3 is 0 Å². The molecule has 0 unspecified atom stereocenters. The Hall–Kier alpha value is -3.23. The number of anilines is 1. The third-order valence-electron chi connectivity index (χ3n) is 5.61. The van der Waals surface area contributed by atoms with Crippen molar-refractivity contribution < 1.29 is 8.78 Å². The Bertz CT molecular complexity index is 1160. The zero-order chi connectivity index (χ0) is 23.4. The number of hydrogen-bond acceptors (Lipinski definition) is 5. The first-order valence-corrected chi connectivity index (χ1v) is 11.0. The van der Waals surface area contributed by atoms with E-state index in [-0.39, 0.29) is 22.9 Å². The summed E-state index contributed by atoms with van der Waals surface area (Å²) in [7, 11) is 0. The molecule has 33 heavy (non-hydrogen) atoms. The molecule has 0 aliphatic carbocycles. The number of nitrogens with two attached hydrogens (primary N) is 1. The van der Waals surface area contributed by atoms with Gasteiger partial charge in [0.15, 0.2) is 0 Å². The first kappa shape index (κ1) is 22.9. The molecule has 1 fully saturated rings. The molecule has 1 aliphatic rings. The van der Waals surface area contributed by atoms with Gasteiger partial charge in [0, 0.05) is 18.7 Å². The molecule has 0 amide bonds. The lowest BCUT2D eigenvalue weighted by molar-refractivity contribution is 0.487. The molecule has 0 radical (unpaired) electrons. The number of benzene rings is 2. The van der Waals surface area contributed by atoms with Crippen LogP contribution in [0.4, 0.5) is 14.6 Å². The molecule has 0 spiro atoms. The molecular formula is C24H25ClF2N6. The molecule has 9 heteroatoms. The lowest BCUT2D eigenvalue weighted by atomic mass is 10.1. The number of nitrogens with zero attached hydrogens (tertiary/aromatic N) is 3. The van der Waals surface area contributed by atoms with E-state index in [1.807, 2.05) is 0 Å². The minimum atomic E-state index is -0.474. The van der Waals surface area contributed by atoms with Crippen LogP contribution in [-0.2, 0) is 13.1 Å². The number of rotatable bonds is 8. The van der Waals surface area contributed by atoms with E-state index >= 15 is 0 Å². The quantitative estimate of drug-likeness (QED) is 0.427. The van der Waals surface area contributed by atoms with E-state index in [9.17, 15) is 8.78 Å². The van der Waals surface area contributed by atoms with Crippen LogP contribution in [0.3, 0.4) is 0 Å². The van der Waals surface area contributed by atoms with Crippen LogP contribution in [0.2, 0.25) is 5.02 Å². The molecule has 172 valence electrons. The van der Waals surface area contributed by atoms with Crippen molar-refractivity contribution in [2.45, 2.75) is 19.5 Å². The molecule has 0 bridgehead atoms. The van der Waals surface area contributed by atoms with Crippen molar-refractivity contribution in [3.8, 4) is 11.4 Å². The second-order valence-corrected chi connectivity index (χ2v) is 8.33. The molecule has 6 nitrogen and oxygen atoms in total. The summed E-state index contributed by atoms with van der Waals surface area (Å²) in [6, 6.07) is 11.0. The fourth-order valence-corrected chi connectivity index (χ4v) is 4.07. The standard InChI is InChI=1S/C24H25ClF2N6/c1-15(30-12-17-5-2-3-7-19(17)26)31-13-21-23(28)33(14-16-9-10-29-11-16)24(32-21)22-18(25)6-4-8-20(22)27/h2-8,13,16,29-30H,1,9-12,14,28H2/b31-13-/t16-/m0/s1. The van der Waals surface area contributed by atoms with Crippen LogP contribution in [0.1, 0.15) is 17.7 Å². The predicted octanol–water partition coefficient (Wildman–Crippen LogP) is 4.35. The summed E-state index contributed by atoms with van der Waals surface area (Å²) in [6.45, 7) is 6.43. The van der Waals surface area contributed by atoms with E-state index in [0.29, 0.717) is 41.2 Å². The van der Waals surface area contributed by atoms with Crippen LogP contribution in [0.5, 0.6) is 0 Å². The molecule has 3 aromatic rings. The van der Waals surface area contributed by atoms with E-state index in [0.717, 1.165) is 19.5 Å². The fourth-order valence-electron chi connectivity index (χ4n) is 3.82. The maximum Gasteiger partial charge on any atom is 0.146 e. The highest BCUT2D eigenvalue weighted by atomic mass is 35.5. The van der Waals surface area contributed by atoms with Gasteiger partial charge in [0.2, 0.25) is 0 Å². The van der Waals surface area contributed by atoms with Gasteiger partial charge in [-0.1, -0.05) is 42.4 Å². The summed E-state index contributed by atoms with van der Waals surface area (Å²) in [5.41, 5.74) is 7.49. The van der Waals surface area contributed by atoms with Crippen molar-refractivity contribution in [3.63, 3.8) is 0 Å². The highest BCUT2D eigenvalue weighted by Gasteiger charge is 2.24. The average molecular weight is 471 g/mol. The Morgan fingerprint density at radius 3 is 2.79 bits per heavy atom. The Morgan fingerprint density at radius 1 is 1.27 bits per heavy atom. The maximum absolute atomic E-state index is 14.7. The highest BCUT2D eigenvalue weighted by molar-refractivity contribution is 6.33. The summed E-state index contributed by atoms with van der Waals surface area (Å²) in [5, 5.41) is 6.54. The van der Waals surface area contributed by atoms with Crippen LogP contribution >= 0.6 is 11.6 Å². The van der Waals surface area contributed by atoms with Crippen LogP contribution in [0.25, 0.3) is 11.4 Å².